The van der Waals surface area contributed by atoms with Crippen molar-refractivity contribution in [1.82, 2.24) is 0 Å². The summed E-state index contributed by atoms with van der Waals surface area (Å²) >= 11 is 3.85. The van der Waals surface area contributed by atoms with E-state index < -0.39 is 0 Å². The minimum atomic E-state index is 0.544. The van der Waals surface area contributed by atoms with E-state index in [1.807, 2.05) is 0 Å². The van der Waals surface area contributed by atoms with Gasteiger partial charge in [0, 0.05) is 12.4 Å². The first-order valence-corrected chi connectivity index (χ1v) is 2.35. The third-order valence-electron chi connectivity index (χ3n) is 0.410. The molecule has 3 heteroatoms. The van der Waals surface area contributed by atoms with Crippen molar-refractivity contribution >= 4 is 18.8 Å². The van der Waals surface area contributed by atoms with Crippen LogP contribution in [0.1, 0.15) is 6.92 Å². The zero-order chi connectivity index (χ0) is 5.70. The van der Waals surface area contributed by atoms with Gasteiger partial charge in [-0.1, -0.05) is 0 Å². The van der Waals surface area contributed by atoms with E-state index in [2.05, 4.69) is 17.6 Å². The van der Waals surface area contributed by atoms with Crippen molar-refractivity contribution in [3.8, 4) is 0 Å². The van der Waals surface area contributed by atoms with E-state index in [9.17, 15) is 0 Å². The van der Waals surface area contributed by atoms with Crippen LogP contribution in [0, 0.1) is 0 Å². The normalized spacial score (nSPS) is 13.1. The number of aliphatic imine (C=N–C) groups is 1. The van der Waals surface area contributed by atoms with Gasteiger partial charge in [-0.05, 0) is 6.92 Å². The SMILES string of the molecule is CC=N/C(S)=C\N. The summed E-state index contributed by atoms with van der Waals surface area (Å²) in [6.07, 6.45) is 2.97. The Labute approximate surface area is 48.5 Å². The summed E-state index contributed by atoms with van der Waals surface area (Å²) < 4.78 is 0. The Bertz CT molecular complexity index is 95.9. The summed E-state index contributed by atoms with van der Waals surface area (Å²) in [6, 6.07) is 0. The molecule has 2 nitrogen and oxygen atoms in total. The van der Waals surface area contributed by atoms with Crippen LogP contribution >= 0.6 is 12.6 Å². The van der Waals surface area contributed by atoms with Gasteiger partial charge in [-0.15, -0.1) is 12.6 Å². The summed E-state index contributed by atoms with van der Waals surface area (Å²) in [7, 11) is 0. The zero-order valence-electron chi connectivity index (χ0n) is 4.13. The van der Waals surface area contributed by atoms with Crippen LogP contribution in [0.25, 0.3) is 0 Å². The van der Waals surface area contributed by atoms with Crippen molar-refractivity contribution in [2.24, 2.45) is 10.7 Å². The Hall–Kier alpha value is -0.440. The zero-order valence-corrected chi connectivity index (χ0v) is 5.02. The van der Waals surface area contributed by atoms with E-state index >= 15 is 0 Å². The molecule has 0 amide bonds. The Balaban J connectivity index is 3.58. The number of nitrogens with two attached hydrogens (primary N) is 1. The Morgan fingerprint density at radius 1 is 1.86 bits per heavy atom. The van der Waals surface area contributed by atoms with Crippen molar-refractivity contribution in [2.45, 2.75) is 6.92 Å². The van der Waals surface area contributed by atoms with Gasteiger partial charge in [0.2, 0.25) is 0 Å². The summed E-state index contributed by atoms with van der Waals surface area (Å²) in [5, 5.41) is 0.544. The second-order valence-electron chi connectivity index (χ2n) is 0.912. The highest BCUT2D eigenvalue weighted by molar-refractivity contribution is 7.84. The lowest BCUT2D eigenvalue weighted by Gasteiger charge is -1.80. The van der Waals surface area contributed by atoms with Crippen LogP contribution in [-0.4, -0.2) is 6.21 Å². The van der Waals surface area contributed by atoms with E-state index in [0.29, 0.717) is 5.03 Å². The van der Waals surface area contributed by atoms with E-state index in [-0.39, 0.29) is 0 Å². The molecule has 0 unspecified atom stereocenters. The minimum absolute atomic E-state index is 0.544. The summed E-state index contributed by atoms with van der Waals surface area (Å²) in [6.45, 7) is 1.81. The molecule has 0 saturated heterocycles. The molecule has 40 valence electrons. The van der Waals surface area contributed by atoms with Crippen molar-refractivity contribution < 1.29 is 0 Å². The average molecular weight is 116 g/mol. The molecular weight excluding hydrogens is 108 g/mol. The maximum absolute atomic E-state index is 5.01. The standard InChI is InChI=1S/C4H8N2S/c1-2-6-4(7)3-5/h2-3,7H,5H2,1H3/b4-3+,6-2?. The second kappa shape index (κ2) is 3.74. The number of rotatable bonds is 1. The molecule has 0 fully saturated rings. The van der Waals surface area contributed by atoms with Gasteiger partial charge in [0.05, 0.1) is 0 Å². The van der Waals surface area contributed by atoms with Gasteiger partial charge >= 0.3 is 0 Å². The summed E-state index contributed by atoms with van der Waals surface area (Å²) in [5.74, 6) is 0. The molecule has 0 aliphatic rings. The predicted molar refractivity (Wildman–Crippen MR) is 35.4 cm³/mol. The van der Waals surface area contributed by atoms with Gasteiger partial charge in [0.1, 0.15) is 5.03 Å². The number of hydrogen-bond acceptors (Lipinski definition) is 3. The molecule has 0 aromatic heterocycles. The molecule has 0 aliphatic carbocycles. The van der Waals surface area contributed by atoms with Gasteiger partial charge in [0.15, 0.2) is 0 Å². The third kappa shape index (κ3) is 3.39. The topological polar surface area (TPSA) is 38.4 Å². The molecule has 0 saturated carbocycles. The molecule has 0 aromatic rings. The van der Waals surface area contributed by atoms with E-state index in [1.54, 1.807) is 13.1 Å². The van der Waals surface area contributed by atoms with Gasteiger partial charge in [0.25, 0.3) is 0 Å². The Morgan fingerprint density at radius 3 is 2.57 bits per heavy atom. The van der Waals surface area contributed by atoms with Crippen LogP contribution < -0.4 is 5.73 Å². The van der Waals surface area contributed by atoms with Crippen molar-refractivity contribution in [1.29, 1.82) is 0 Å². The Kier molecular flexibility index (Phi) is 3.50. The second-order valence-corrected chi connectivity index (χ2v) is 1.37. The van der Waals surface area contributed by atoms with Gasteiger partial charge in [-0.3, -0.25) is 4.99 Å². The molecule has 0 aliphatic heterocycles. The minimum Gasteiger partial charge on any atom is -0.402 e. The van der Waals surface area contributed by atoms with Crippen LogP contribution in [0.4, 0.5) is 0 Å². The molecule has 0 rings (SSSR count). The van der Waals surface area contributed by atoms with Crippen LogP contribution in [0.15, 0.2) is 16.2 Å². The van der Waals surface area contributed by atoms with E-state index in [1.165, 1.54) is 6.20 Å². The highest BCUT2D eigenvalue weighted by atomic mass is 32.1. The number of nitrogens with zero attached hydrogens (tertiary/aromatic N) is 1. The van der Waals surface area contributed by atoms with Crippen LogP contribution in [0.3, 0.4) is 0 Å². The molecule has 0 bridgehead atoms. The molecule has 0 radical (unpaired) electrons. The lowest BCUT2D eigenvalue weighted by atomic mass is 10.8. The largest absolute Gasteiger partial charge is 0.402 e. The molecule has 0 heterocycles. The number of thiol groups is 1. The number of hydrogen-bond donors (Lipinski definition) is 2. The molecule has 2 N–H and O–H groups in total. The van der Waals surface area contributed by atoms with Gasteiger partial charge in [-0.25, -0.2) is 0 Å². The lowest BCUT2D eigenvalue weighted by molar-refractivity contribution is 1.46. The van der Waals surface area contributed by atoms with Crippen molar-refractivity contribution in [2.75, 3.05) is 0 Å². The first-order valence-electron chi connectivity index (χ1n) is 1.90. The molecule has 0 atom stereocenters. The maximum Gasteiger partial charge on any atom is 0.108 e. The fourth-order valence-electron chi connectivity index (χ4n) is 0.175. The smallest absolute Gasteiger partial charge is 0.108 e. The predicted octanol–water partition coefficient (Wildman–Crippen LogP) is 0.765. The quantitative estimate of drug-likeness (QED) is 0.385. The summed E-state index contributed by atoms with van der Waals surface area (Å²) in [4.78, 5) is 3.72. The monoisotopic (exact) mass is 116 g/mol. The lowest BCUT2D eigenvalue weighted by Crippen LogP contribution is -1.77. The van der Waals surface area contributed by atoms with E-state index in [4.69, 9.17) is 5.73 Å². The van der Waals surface area contributed by atoms with Crippen LogP contribution in [0.2, 0.25) is 0 Å². The first-order chi connectivity index (χ1) is 3.31. The molecule has 0 spiro atoms. The van der Waals surface area contributed by atoms with E-state index in [0.717, 1.165) is 0 Å². The van der Waals surface area contributed by atoms with Crippen LogP contribution in [0.5, 0.6) is 0 Å². The Morgan fingerprint density at radius 2 is 2.43 bits per heavy atom. The van der Waals surface area contributed by atoms with Crippen LogP contribution in [-0.2, 0) is 0 Å². The maximum atomic E-state index is 5.01. The van der Waals surface area contributed by atoms with Crippen molar-refractivity contribution in [3.63, 3.8) is 0 Å². The highest BCUT2D eigenvalue weighted by Gasteiger charge is 1.72. The fourth-order valence-corrected chi connectivity index (χ4v) is 0.291. The molecule has 7 heavy (non-hydrogen) atoms. The van der Waals surface area contributed by atoms with Gasteiger partial charge in [-0.2, -0.15) is 0 Å². The van der Waals surface area contributed by atoms with Crippen molar-refractivity contribution in [3.05, 3.63) is 11.2 Å². The fraction of sp³-hybridized carbons (Fsp3) is 0.250. The third-order valence-corrected chi connectivity index (χ3v) is 0.675. The van der Waals surface area contributed by atoms with Gasteiger partial charge < -0.3 is 5.73 Å². The molecule has 0 aromatic carbocycles. The molecular formula is C4H8N2S. The first kappa shape index (κ1) is 6.56. The average Bonchev–Trinajstić information content (AvgIpc) is 1.68. The highest BCUT2D eigenvalue weighted by Crippen LogP contribution is 1.95. The summed E-state index contributed by atoms with van der Waals surface area (Å²) in [5.41, 5.74) is 5.01.